The summed E-state index contributed by atoms with van der Waals surface area (Å²) in [6.07, 6.45) is 0. The molecule has 0 spiro atoms. The number of hydrogen-bond acceptors (Lipinski definition) is 2. The third-order valence-corrected chi connectivity index (χ3v) is 5.10. The minimum Gasteiger partial charge on any atom is -0.488 e. The van der Waals surface area contributed by atoms with E-state index in [1.807, 2.05) is 74.5 Å². The molecule has 3 aromatic rings. The standard InChI is InChI=1S/C22H20BrNO2/c1-15-8-7-12-20(16(15)2)24-22(25)18-10-4-6-13-21(18)26-14-17-9-3-5-11-19(17)23/h3-13H,14H2,1-2H3,(H,24,25). The zero-order chi connectivity index (χ0) is 18.5. The van der Waals surface area contributed by atoms with Gasteiger partial charge in [-0.25, -0.2) is 0 Å². The number of halogens is 1. The number of benzene rings is 3. The van der Waals surface area contributed by atoms with Crippen molar-refractivity contribution >= 4 is 27.5 Å². The average molecular weight is 410 g/mol. The summed E-state index contributed by atoms with van der Waals surface area (Å²) in [5.41, 5.74) is 4.56. The van der Waals surface area contributed by atoms with E-state index < -0.39 is 0 Å². The van der Waals surface area contributed by atoms with Gasteiger partial charge in [0.2, 0.25) is 0 Å². The number of carbonyl (C=O) groups is 1. The molecule has 1 amide bonds. The van der Waals surface area contributed by atoms with Crippen molar-refractivity contribution in [1.82, 2.24) is 0 Å². The number of rotatable bonds is 5. The van der Waals surface area contributed by atoms with Crippen molar-refractivity contribution in [2.24, 2.45) is 0 Å². The summed E-state index contributed by atoms with van der Waals surface area (Å²) >= 11 is 3.52. The molecule has 0 atom stereocenters. The van der Waals surface area contributed by atoms with E-state index in [0.29, 0.717) is 17.9 Å². The van der Waals surface area contributed by atoms with Crippen LogP contribution < -0.4 is 10.1 Å². The van der Waals surface area contributed by atoms with Crippen LogP contribution in [-0.4, -0.2) is 5.91 Å². The third-order valence-electron chi connectivity index (χ3n) is 4.33. The Kier molecular flexibility index (Phi) is 5.74. The van der Waals surface area contributed by atoms with Crippen LogP contribution in [0.5, 0.6) is 5.75 Å². The number of hydrogen-bond donors (Lipinski definition) is 1. The van der Waals surface area contributed by atoms with Crippen LogP contribution in [-0.2, 0) is 6.61 Å². The van der Waals surface area contributed by atoms with Gasteiger partial charge in [-0.3, -0.25) is 4.79 Å². The van der Waals surface area contributed by atoms with Gasteiger partial charge in [0.25, 0.3) is 5.91 Å². The van der Waals surface area contributed by atoms with E-state index in [-0.39, 0.29) is 5.91 Å². The summed E-state index contributed by atoms with van der Waals surface area (Å²) in [5, 5.41) is 2.99. The Hall–Kier alpha value is -2.59. The van der Waals surface area contributed by atoms with E-state index in [0.717, 1.165) is 26.9 Å². The lowest BCUT2D eigenvalue weighted by Crippen LogP contribution is -2.14. The highest BCUT2D eigenvalue weighted by Gasteiger charge is 2.14. The molecular formula is C22H20BrNO2. The fraction of sp³-hybridized carbons (Fsp3) is 0.136. The Morgan fingerprint density at radius 3 is 2.50 bits per heavy atom. The molecule has 0 saturated carbocycles. The molecule has 3 nitrogen and oxygen atoms in total. The van der Waals surface area contributed by atoms with Crippen LogP contribution in [0.3, 0.4) is 0 Å². The molecule has 0 aromatic heterocycles. The predicted octanol–water partition coefficient (Wildman–Crippen LogP) is 5.90. The second-order valence-corrected chi connectivity index (χ2v) is 6.93. The topological polar surface area (TPSA) is 38.3 Å². The molecule has 1 N–H and O–H groups in total. The molecule has 4 heteroatoms. The number of amides is 1. The van der Waals surface area contributed by atoms with Crippen molar-refractivity contribution in [3.8, 4) is 5.75 Å². The van der Waals surface area contributed by atoms with E-state index in [9.17, 15) is 4.79 Å². The fourth-order valence-corrected chi connectivity index (χ4v) is 3.03. The molecule has 0 fully saturated rings. The van der Waals surface area contributed by atoms with Gasteiger partial charge >= 0.3 is 0 Å². The van der Waals surface area contributed by atoms with Gasteiger partial charge in [0.15, 0.2) is 0 Å². The molecule has 0 heterocycles. The fourth-order valence-electron chi connectivity index (χ4n) is 2.63. The maximum atomic E-state index is 12.8. The van der Waals surface area contributed by atoms with Crippen LogP contribution in [0.2, 0.25) is 0 Å². The highest BCUT2D eigenvalue weighted by Crippen LogP contribution is 2.24. The maximum Gasteiger partial charge on any atom is 0.259 e. The summed E-state index contributed by atoms with van der Waals surface area (Å²) in [6.45, 7) is 4.41. The van der Waals surface area contributed by atoms with Gasteiger partial charge in [0.05, 0.1) is 5.56 Å². The van der Waals surface area contributed by atoms with Gasteiger partial charge in [-0.1, -0.05) is 58.4 Å². The number of aryl methyl sites for hydroxylation is 1. The summed E-state index contributed by atoms with van der Waals surface area (Å²) in [6, 6.07) is 21.0. The van der Waals surface area contributed by atoms with E-state index in [2.05, 4.69) is 21.2 Å². The second kappa shape index (κ2) is 8.19. The van der Waals surface area contributed by atoms with Gasteiger partial charge in [0, 0.05) is 15.7 Å². The zero-order valence-electron chi connectivity index (χ0n) is 14.8. The first kappa shape index (κ1) is 18.2. The van der Waals surface area contributed by atoms with Crippen LogP contribution >= 0.6 is 15.9 Å². The first-order chi connectivity index (χ1) is 12.6. The smallest absolute Gasteiger partial charge is 0.259 e. The van der Waals surface area contributed by atoms with Crippen LogP contribution in [0.15, 0.2) is 71.2 Å². The minimum absolute atomic E-state index is 0.179. The van der Waals surface area contributed by atoms with Crippen molar-refractivity contribution in [2.45, 2.75) is 20.5 Å². The van der Waals surface area contributed by atoms with Crippen molar-refractivity contribution in [3.63, 3.8) is 0 Å². The van der Waals surface area contributed by atoms with Gasteiger partial charge in [0.1, 0.15) is 12.4 Å². The second-order valence-electron chi connectivity index (χ2n) is 6.08. The van der Waals surface area contributed by atoms with Crippen LogP contribution in [0.25, 0.3) is 0 Å². The SMILES string of the molecule is Cc1cccc(NC(=O)c2ccccc2OCc2ccccc2Br)c1C. The third kappa shape index (κ3) is 4.14. The molecule has 0 bridgehead atoms. The van der Waals surface area contributed by atoms with Crippen LogP contribution in [0, 0.1) is 13.8 Å². The highest BCUT2D eigenvalue weighted by atomic mass is 79.9. The summed E-state index contributed by atoms with van der Waals surface area (Å²) in [4.78, 5) is 12.8. The Morgan fingerprint density at radius 2 is 1.69 bits per heavy atom. The molecule has 26 heavy (non-hydrogen) atoms. The Bertz CT molecular complexity index is 937. The van der Waals surface area contributed by atoms with Gasteiger partial charge in [-0.05, 0) is 49.2 Å². The summed E-state index contributed by atoms with van der Waals surface area (Å²) < 4.78 is 6.91. The quantitative estimate of drug-likeness (QED) is 0.569. The molecule has 0 aliphatic rings. The molecule has 0 unspecified atom stereocenters. The molecule has 3 rings (SSSR count). The van der Waals surface area contributed by atoms with E-state index in [4.69, 9.17) is 4.74 Å². The van der Waals surface area contributed by atoms with Gasteiger partial charge in [-0.2, -0.15) is 0 Å². The summed E-state index contributed by atoms with van der Waals surface area (Å²) in [7, 11) is 0. The molecule has 0 aliphatic heterocycles. The number of anilines is 1. The Morgan fingerprint density at radius 1 is 0.962 bits per heavy atom. The molecule has 132 valence electrons. The Labute approximate surface area is 162 Å². The normalized spacial score (nSPS) is 10.4. The lowest BCUT2D eigenvalue weighted by atomic mass is 10.1. The molecule has 0 saturated heterocycles. The first-order valence-electron chi connectivity index (χ1n) is 8.39. The molecule has 0 aliphatic carbocycles. The largest absolute Gasteiger partial charge is 0.488 e. The maximum absolute atomic E-state index is 12.8. The summed E-state index contributed by atoms with van der Waals surface area (Å²) in [5.74, 6) is 0.382. The lowest BCUT2D eigenvalue weighted by molar-refractivity contribution is 0.102. The zero-order valence-corrected chi connectivity index (χ0v) is 16.3. The molecular weight excluding hydrogens is 390 g/mol. The predicted molar refractivity (Wildman–Crippen MR) is 109 cm³/mol. The van der Waals surface area contributed by atoms with Crippen LogP contribution in [0.4, 0.5) is 5.69 Å². The Balaban J connectivity index is 1.79. The van der Waals surface area contributed by atoms with Gasteiger partial charge in [-0.15, -0.1) is 0 Å². The van der Waals surface area contributed by atoms with E-state index >= 15 is 0 Å². The number of ether oxygens (including phenoxy) is 1. The number of para-hydroxylation sites is 1. The lowest BCUT2D eigenvalue weighted by Gasteiger charge is -2.14. The monoisotopic (exact) mass is 409 g/mol. The first-order valence-corrected chi connectivity index (χ1v) is 9.18. The number of carbonyl (C=O) groups excluding carboxylic acids is 1. The number of nitrogens with one attached hydrogen (secondary N) is 1. The van der Waals surface area contributed by atoms with Crippen molar-refractivity contribution in [1.29, 1.82) is 0 Å². The average Bonchev–Trinajstić information content (AvgIpc) is 2.65. The van der Waals surface area contributed by atoms with E-state index in [1.54, 1.807) is 6.07 Å². The van der Waals surface area contributed by atoms with E-state index in [1.165, 1.54) is 0 Å². The van der Waals surface area contributed by atoms with Crippen molar-refractivity contribution < 1.29 is 9.53 Å². The van der Waals surface area contributed by atoms with Gasteiger partial charge < -0.3 is 10.1 Å². The van der Waals surface area contributed by atoms with Crippen molar-refractivity contribution in [3.05, 3.63) is 93.5 Å². The van der Waals surface area contributed by atoms with Crippen molar-refractivity contribution in [2.75, 3.05) is 5.32 Å². The molecule has 0 radical (unpaired) electrons. The minimum atomic E-state index is -0.179. The highest BCUT2D eigenvalue weighted by molar-refractivity contribution is 9.10. The van der Waals surface area contributed by atoms with Crippen LogP contribution in [0.1, 0.15) is 27.0 Å². The molecule has 3 aromatic carbocycles.